The SMILES string of the molecule is CCCCCC.OC(CCl)c1ccncc1. The number of hydrogen-bond acceptors (Lipinski definition) is 2. The average molecular weight is 244 g/mol. The van der Waals surface area contributed by atoms with Crippen LogP contribution in [0.2, 0.25) is 0 Å². The van der Waals surface area contributed by atoms with Gasteiger partial charge in [0, 0.05) is 12.4 Å². The van der Waals surface area contributed by atoms with Crippen LogP contribution in [0.3, 0.4) is 0 Å². The normalized spacial score (nSPS) is 11.5. The highest BCUT2D eigenvalue weighted by molar-refractivity contribution is 6.18. The summed E-state index contributed by atoms with van der Waals surface area (Å²) >= 11 is 5.42. The maximum atomic E-state index is 9.17. The molecule has 16 heavy (non-hydrogen) atoms. The molecule has 1 aromatic heterocycles. The molecule has 0 amide bonds. The Labute approximate surface area is 104 Å². The molecule has 1 unspecified atom stereocenters. The Kier molecular flexibility index (Phi) is 10.5. The van der Waals surface area contributed by atoms with Gasteiger partial charge in [-0.3, -0.25) is 4.98 Å². The number of aliphatic hydroxyl groups excluding tert-OH is 1. The fourth-order valence-corrected chi connectivity index (χ4v) is 1.35. The average Bonchev–Trinajstić information content (AvgIpc) is 2.37. The number of aliphatic hydroxyl groups is 1. The molecule has 1 atom stereocenters. The molecule has 0 radical (unpaired) electrons. The van der Waals surface area contributed by atoms with E-state index in [0.29, 0.717) is 0 Å². The number of rotatable bonds is 5. The number of hydrogen-bond donors (Lipinski definition) is 1. The second-order valence-corrected chi connectivity index (χ2v) is 3.97. The summed E-state index contributed by atoms with van der Waals surface area (Å²) in [7, 11) is 0. The Morgan fingerprint density at radius 2 is 1.69 bits per heavy atom. The molecule has 0 bridgehead atoms. The van der Waals surface area contributed by atoms with Gasteiger partial charge in [0.1, 0.15) is 0 Å². The van der Waals surface area contributed by atoms with Crippen molar-refractivity contribution in [1.29, 1.82) is 0 Å². The molecule has 0 aliphatic carbocycles. The molecule has 0 fully saturated rings. The minimum Gasteiger partial charge on any atom is -0.387 e. The third-order valence-electron chi connectivity index (χ3n) is 2.19. The van der Waals surface area contributed by atoms with E-state index in [1.165, 1.54) is 25.7 Å². The number of unbranched alkanes of at least 4 members (excludes halogenated alkanes) is 3. The maximum absolute atomic E-state index is 9.17. The summed E-state index contributed by atoms with van der Waals surface area (Å²) in [6.07, 6.45) is 8.23. The van der Waals surface area contributed by atoms with E-state index in [-0.39, 0.29) is 5.88 Å². The molecular weight excluding hydrogens is 222 g/mol. The fourth-order valence-electron chi connectivity index (χ4n) is 1.17. The fraction of sp³-hybridized carbons (Fsp3) is 0.615. The van der Waals surface area contributed by atoms with Crippen LogP contribution in [0.4, 0.5) is 0 Å². The van der Waals surface area contributed by atoms with Crippen LogP contribution < -0.4 is 0 Å². The monoisotopic (exact) mass is 243 g/mol. The summed E-state index contributed by atoms with van der Waals surface area (Å²) in [5.74, 6) is 0.226. The van der Waals surface area contributed by atoms with Gasteiger partial charge in [0.2, 0.25) is 0 Å². The lowest BCUT2D eigenvalue weighted by atomic mass is 10.2. The standard InChI is InChI=1S/C7H8ClNO.C6H14/c8-5-7(10)6-1-3-9-4-2-6;1-3-5-6-4-2/h1-4,7,10H,5H2;3-6H2,1-2H3. The number of halogens is 1. The maximum Gasteiger partial charge on any atom is 0.0926 e. The first kappa shape index (κ1) is 15.4. The quantitative estimate of drug-likeness (QED) is 0.628. The summed E-state index contributed by atoms with van der Waals surface area (Å²) in [5, 5.41) is 9.17. The predicted octanol–water partition coefficient (Wildman–Crippen LogP) is 3.94. The highest BCUT2D eigenvalue weighted by Gasteiger charge is 2.02. The first-order valence-corrected chi connectivity index (χ1v) is 6.43. The molecule has 0 aliphatic rings. The summed E-state index contributed by atoms with van der Waals surface area (Å²) in [5.41, 5.74) is 0.810. The summed E-state index contributed by atoms with van der Waals surface area (Å²) in [4.78, 5) is 3.81. The zero-order chi connectivity index (χ0) is 12.2. The first-order valence-electron chi connectivity index (χ1n) is 5.90. The second kappa shape index (κ2) is 10.9. The van der Waals surface area contributed by atoms with Gasteiger partial charge in [-0.25, -0.2) is 0 Å². The topological polar surface area (TPSA) is 33.1 Å². The number of aromatic nitrogens is 1. The minimum absolute atomic E-state index is 0.226. The zero-order valence-electron chi connectivity index (χ0n) is 10.2. The lowest BCUT2D eigenvalue weighted by Crippen LogP contribution is -1.97. The van der Waals surface area contributed by atoms with Crippen LogP contribution in [0.1, 0.15) is 51.2 Å². The lowest BCUT2D eigenvalue weighted by molar-refractivity contribution is 0.202. The second-order valence-electron chi connectivity index (χ2n) is 3.66. The van der Waals surface area contributed by atoms with E-state index in [0.717, 1.165) is 5.56 Å². The molecule has 0 spiro atoms. The molecule has 0 saturated heterocycles. The van der Waals surface area contributed by atoms with E-state index in [1.54, 1.807) is 24.5 Å². The number of alkyl halides is 1. The van der Waals surface area contributed by atoms with Crippen LogP contribution in [-0.4, -0.2) is 16.0 Å². The number of pyridine rings is 1. The van der Waals surface area contributed by atoms with Gasteiger partial charge in [0.25, 0.3) is 0 Å². The van der Waals surface area contributed by atoms with Crippen LogP contribution in [-0.2, 0) is 0 Å². The molecule has 1 aromatic rings. The van der Waals surface area contributed by atoms with Crippen molar-refractivity contribution in [2.45, 2.75) is 45.6 Å². The Morgan fingerprint density at radius 3 is 2.06 bits per heavy atom. The van der Waals surface area contributed by atoms with Crippen molar-refractivity contribution >= 4 is 11.6 Å². The van der Waals surface area contributed by atoms with Crippen molar-refractivity contribution in [2.75, 3.05) is 5.88 Å². The third kappa shape index (κ3) is 7.66. The van der Waals surface area contributed by atoms with Crippen LogP contribution in [0, 0.1) is 0 Å². The molecule has 1 rings (SSSR count). The molecule has 0 aromatic carbocycles. The molecule has 1 N–H and O–H groups in total. The Balaban J connectivity index is 0.000000325. The van der Waals surface area contributed by atoms with Crippen LogP contribution >= 0.6 is 11.6 Å². The van der Waals surface area contributed by atoms with Gasteiger partial charge in [-0.05, 0) is 17.7 Å². The van der Waals surface area contributed by atoms with E-state index < -0.39 is 6.10 Å². The number of nitrogens with zero attached hydrogens (tertiary/aromatic N) is 1. The highest BCUT2D eigenvalue weighted by atomic mass is 35.5. The van der Waals surface area contributed by atoms with E-state index in [2.05, 4.69) is 18.8 Å². The third-order valence-corrected chi connectivity index (χ3v) is 2.49. The van der Waals surface area contributed by atoms with E-state index in [9.17, 15) is 0 Å². The summed E-state index contributed by atoms with van der Waals surface area (Å²) in [6, 6.07) is 3.49. The Hall–Kier alpha value is -0.600. The molecule has 0 saturated carbocycles. The van der Waals surface area contributed by atoms with Crippen molar-refractivity contribution in [3.8, 4) is 0 Å². The van der Waals surface area contributed by atoms with E-state index in [4.69, 9.17) is 16.7 Å². The van der Waals surface area contributed by atoms with Crippen molar-refractivity contribution in [1.82, 2.24) is 4.98 Å². The zero-order valence-corrected chi connectivity index (χ0v) is 11.0. The Morgan fingerprint density at radius 1 is 1.19 bits per heavy atom. The molecule has 0 aliphatic heterocycles. The van der Waals surface area contributed by atoms with Gasteiger partial charge in [0.05, 0.1) is 12.0 Å². The summed E-state index contributed by atoms with van der Waals surface area (Å²) in [6.45, 7) is 4.46. The van der Waals surface area contributed by atoms with Gasteiger partial charge < -0.3 is 5.11 Å². The minimum atomic E-state index is -0.565. The van der Waals surface area contributed by atoms with Crippen LogP contribution in [0.5, 0.6) is 0 Å². The van der Waals surface area contributed by atoms with Gasteiger partial charge in [0.15, 0.2) is 0 Å². The van der Waals surface area contributed by atoms with Crippen LogP contribution in [0.15, 0.2) is 24.5 Å². The molecule has 1 heterocycles. The van der Waals surface area contributed by atoms with Gasteiger partial charge in [-0.15, -0.1) is 11.6 Å². The highest BCUT2D eigenvalue weighted by Crippen LogP contribution is 2.11. The molecular formula is C13H22ClNO. The van der Waals surface area contributed by atoms with Gasteiger partial charge in [-0.2, -0.15) is 0 Å². The smallest absolute Gasteiger partial charge is 0.0926 e. The van der Waals surface area contributed by atoms with Crippen molar-refractivity contribution < 1.29 is 5.11 Å². The molecule has 3 heteroatoms. The largest absolute Gasteiger partial charge is 0.387 e. The van der Waals surface area contributed by atoms with Crippen molar-refractivity contribution in [2.24, 2.45) is 0 Å². The molecule has 2 nitrogen and oxygen atoms in total. The first-order chi connectivity index (χ1) is 7.76. The van der Waals surface area contributed by atoms with Gasteiger partial charge in [-0.1, -0.05) is 39.5 Å². The lowest BCUT2D eigenvalue weighted by Gasteiger charge is -2.04. The van der Waals surface area contributed by atoms with E-state index in [1.807, 2.05) is 0 Å². The molecule has 92 valence electrons. The van der Waals surface area contributed by atoms with Crippen molar-refractivity contribution in [3.05, 3.63) is 30.1 Å². The predicted molar refractivity (Wildman–Crippen MR) is 69.7 cm³/mol. The van der Waals surface area contributed by atoms with E-state index >= 15 is 0 Å². The Bertz CT molecular complexity index is 237. The van der Waals surface area contributed by atoms with Crippen LogP contribution in [0.25, 0.3) is 0 Å². The van der Waals surface area contributed by atoms with Crippen molar-refractivity contribution in [3.63, 3.8) is 0 Å². The summed E-state index contributed by atoms with van der Waals surface area (Å²) < 4.78 is 0. The van der Waals surface area contributed by atoms with Gasteiger partial charge >= 0.3 is 0 Å².